The number of carbonyl (C=O) groups is 2. The number of hydrogen-bond donors (Lipinski definition) is 2. The molecule has 0 saturated carbocycles. The molecule has 0 bridgehead atoms. The molecule has 0 heterocycles. The maximum Gasteiger partial charge on any atom is 0.251 e. The molecule has 4 nitrogen and oxygen atoms in total. The number of halogens is 2. The zero-order valence-corrected chi connectivity index (χ0v) is 16.5. The molecule has 138 valence electrons. The van der Waals surface area contributed by atoms with Crippen LogP contribution in [0.15, 0.2) is 42.5 Å². The average molecular weight is 393 g/mol. The Kier molecular flexibility index (Phi) is 6.32. The fourth-order valence-corrected chi connectivity index (χ4v) is 3.07. The number of hydrogen-bond acceptors (Lipinski definition) is 2. The van der Waals surface area contributed by atoms with Crippen LogP contribution in [-0.4, -0.2) is 17.9 Å². The van der Waals surface area contributed by atoms with Crippen molar-refractivity contribution in [3.05, 3.63) is 69.2 Å². The monoisotopic (exact) mass is 392 g/mol. The Morgan fingerprint density at radius 2 is 1.58 bits per heavy atom. The first-order chi connectivity index (χ1) is 12.1. The fourth-order valence-electron chi connectivity index (χ4n) is 2.52. The van der Waals surface area contributed by atoms with Gasteiger partial charge in [0.2, 0.25) is 5.91 Å². The lowest BCUT2D eigenvalue weighted by Gasteiger charge is -2.20. The van der Waals surface area contributed by atoms with Crippen LogP contribution in [0, 0.1) is 0 Å². The average Bonchev–Trinajstić information content (AvgIpc) is 2.56. The summed E-state index contributed by atoms with van der Waals surface area (Å²) in [6.45, 7) is 6.29. The predicted octanol–water partition coefficient (Wildman–Crippen LogP) is 4.12. The van der Waals surface area contributed by atoms with E-state index < -0.39 is 11.9 Å². The third kappa shape index (κ3) is 4.99. The van der Waals surface area contributed by atoms with Crippen molar-refractivity contribution in [3.63, 3.8) is 0 Å². The molecule has 2 amide bonds. The van der Waals surface area contributed by atoms with Crippen molar-refractivity contribution in [1.82, 2.24) is 5.32 Å². The highest BCUT2D eigenvalue weighted by atomic mass is 35.5. The molecule has 2 rings (SSSR count). The number of carbonyl (C=O) groups excluding carboxylic acids is 2. The Bertz CT molecular complexity index is 791. The van der Waals surface area contributed by atoms with Gasteiger partial charge in [-0.15, -0.1) is 0 Å². The number of primary amides is 1. The third-order valence-electron chi connectivity index (χ3n) is 4.13. The summed E-state index contributed by atoms with van der Waals surface area (Å²) in [5.74, 6) is -1.03. The molecule has 0 aliphatic rings. The van der Waals surface area contributed by atoms with E-state index in [4.69, 9.17) is 28.9 Å². The Labute approximate surface area is 163 Å². The molecular weight excluding hydrogens is 371 g/mol. The summed E-state index contributed by atoms with van der Waals surface area (Å²) in [7, 11) is 0. The maximum atomic E-state index is 12.5. The number of benzene rings is 2. The van der Waals surface area contributed by atoms with Crippen molar-refractivity contribution >= 4 is 35.0 Å². The molecule has 0 aliphatic carbocycles. The molecule has 0 spiro atoms. The van der Waals surface area contributed by atoms with Crippen LogP contribution < -0.4 is 11.1 Å². The van der Waals surface area contributed by atoms with E-state index in [2.05, 4.69) is 26.1 Å². The molecule has 3 N–H and O–H groups in total. The van der Waals surface area contributed by atoms with Crippen molar-refractivity contribution in [1.29, 1.82) is 0 Å². The van der Waals surface area contributed by atoms with Crippen LogP contribution in [0.3, 0.4) is 0 Å². The maximum absolute atomic E-state index is 12.5. The zero-order chi connectivity index (χ0) is 19.5. The minimum absolute atomic E-state index is 0.00836. The molecule has 0 aromatic heterocycles. The lowest BCUT2D eigenvalue weighted by molar-refractivity contribution is -0.119. The Morgan fingerprint density at radius 3 is 2.04 bits per heavy atom. The van der Waals surface area contributed by atoms with E-state index in [0.29, 0.717) is 21.2 Å². The summed E-state index contributed by atoms with van der Waals surface area (Å²) >= 11 is 12.3. The van der Waals surface area contributed by atoms with Crippen LogP contribution in [-0.2, 0) is 16.6 Å². The second kappa shape index (κ2) is 8.11. The van der Waals surface area contributed by atoms with E-state index >= 15 is 0 Å². The van der Waals surface area contributed by atoms with Gasteiger partial charge in [0, 0.05) is 22.0 Å². The first-order valence-electron chi connectivity index (χ1n) is 8.23. The van der Waals surface area contributed by atoms with E-state index in [1.165, 1.54) is 0 Å². The number of rotatable bonds is 5. The summed E-state index contributed by atoms with van der Waals surface area (Å²) in [5.41, 5.74) is 7.58. The zero-order valence-electron chi connectivity index (χ0n) is 15.0. The van der Waals surface area contributed by atoms with Crippen LogP contribution in [0.25, 0.3) is 0 Å². The molecule has 0 radical (unpaired) electrons. The van der Waals surface area contributed by atoms with Gasteiger partial charge in [0.05, 0.1) is 0 Å². The molecule has 0 unspecified atom stereocenters. The van der Waals surface area contributed by atoms with E-state index in [1.54, 1.807) is 30.3 Å². The minimum atomic E-state index is -0.915. The van der Waals surface area contributed by atoms with Crippen LogP contribution in [0.2, 0.25) is 10.0 Å². The first kappa shape index (κ1) is 20.3. The number of nitrogens with two attached hydrogens (primary N) is 1. The summed E-state index contributed by atoms with van der Waals surface area (Å²) in [6, 6.07) is 11.4. The summed E-state index contributed by atoms with van der Waals surface area (Å²) < 4.78 is 0. The van der Waals surface area contributed by atoms with Crippen LogP contribution in [0.5, 0.6) is 0 Å². The second-order valence-corrected chi connectivity index (χ2v) is 7.97. The highest BCUT2D eigenvalue weighted by Gasteiger charge is 2.22. The SMILES string of the molecule is CC(C)(C)c1ccc(C(=O)N[C@@H](Cc2c(Cl)cccc2Cl)C(N)=O)cc1. The standard InChI is InChI=1S/C20H22Cl2N2O2/c1-20(2,3)13-9-7-12(8-10-13)19(26)24-17(18(23)25)11-14-15(21)5-4-6-16(14)22/h4-10,17H,11H2,1-3H3,(H2,23,25)(H,24,26)/t17-/m0/s1. The predicted molar refractivity (Wildman–Crippen MR) is 106 cm³/mol. The quantitative estimate of drug-likeness (QED) is 0.802. The van der Waals surface area contributed by atoms with E-state index in [0.717, 1.165) is 5.56 Å². The van der Waals surface area contributed by atoms with Gasteiger partial charge in [0.1, 0.15) is 6.04 Å². The second-order valence-electron chi connectivity index (χ2n) is 7.16. The van der Waals surface area contributed by atoms with Gasteiger partial charge in [-0.25, -0.2) is 0 Å². The summed E-state index contributed by atoms with van der Waals surface area (Å²) in [4.78, 5) is 24.3. The lowest BCUT2D eigenvalue weighted by Crippen LogP contribution is -2.46. The summed E-state index contributed by atoms with van der Waals surface area (Å²) in [6.07, 6.45) is 0.125. The van der Waals surface area contributed by atoms with Crippen molar-refractivity contribution < 1.29 is 9.59 Å². The first-order valence-corrected chi connectivity index (χ1v) is 8.99. The van der Waals surface area contributed by atoms with Gasteiger partial charge >= 0.3 is 0 Å². The topological polar surface area (TPSA) is 72.2 Å². The fraction of sp³-hybridized carbons (Fsp3) is 0.300. The smallest absolute Gasteiger partial charge is 0.251 e. The largest absolute Gasteiger partial charge is 0.368 e. The Morgan fingerprint density at radius 1 is 1.04 bits per heavy atom. The van der Waals surface area contributed by atoms with Gasteiger partial charge in [-0.1, -0.05) is 62.2 Å². The van der Waals surface area contributed by atoms with Crippen molar-refractivity contribution in [2.24, 2.45) is 5.73 Å². The van der Waals surface area contributed by atoms with E-state index in [1.807, 2.05) is 12.1 Å². The molecule has 6 heteroatoms. The van der Waals surface area contributed by atoms with Gasteiger partial charge in [-0.3, -0.25) is 9.59 Å². The van der Waals surface area contributed by atoms with Gasteiger partial charge in [0.25, 0.3) is 5.91 Å². The minimum Gasteiger partial charge on any atom is -0.368 e. The normalized spacial score (nSPS) is 12.5. The number of amides is 2. The third-order valence-corrected chi connectivity index (χ3v) is 4.84. The highest BCUT2D eigenvalue weighted by molar-refractivity contribution is 6.36. The highest BCUT2D eigenvalue weighted by Crippen LogP contribution is 2.26. The van der Waals surface area contributed by atoms with Gasteiger partial charge in [-0.2, -0.15) is 0 Å². The number of nitrogens with one attached hydrogen (secondary N) is 1. The van der Waals surface area contributed by atoms with E-state index in [9.17, 15) is 9.59 Å². The Hall–Kier alpha value is -2.04. The van der Waals surface area contributed by atoms with Crippen molar-refractivity contribution in [2.75, 3.05) is 0 Å². The summed E-state index contributed by atoms with van der Waals surface area (Å²) in [5, 5.41) is 3.51. The van der Waals surface area contributed by atoms with Crippen molar-refractivity contribution in [3.8, 4) is 0 Å². The molecular formula is C20H22Cl2N2O2. The molecule has 2 aromatic rings. The Balaban J connectivity index is 2.17. The van der Waals surface area contributed by atoms with Gasteiger partial charge in [-0.05, 0) is 40.8 Å². The molecule has 2 aromatic carbocycles. The van der Waals surface area contributed by atoms with E-state index in [-0.39, 0.29) is 17.7 Å². The van der Waals surface area contributed by atoms with Crippen LogP contribution >= 0.6 is 23.2 Å². The molecule has 0 aliphatic heterocycles. The van der Waals surface area contributed by atoms with Gasteiger partial charge in [0.15, 0.2) is 0 Å². The van der Waals surface area contributed by atoms with Gasteiger partial charge < -0.3 is 11.1 Å². The molecule has 1 atom stereocenters. The molecule has 0 saturated heterocycles. The molecule has 0 fully saturated rings. The lowest BCUT2D eigenvalue weighted by atomic mass is 9.86. The molecule has 26 heavy (non-hydrogen) atoms. The van der Waals surface area contributed by atoms with Crippen LogP contribution in [0.1, 0.15) is 42.3 Å². The van der Waals surface area contributed by atoms with Crippen molar-refractivity contribution in [2.45, 2.75) is 38.6 Å². The van der Waals surface area contributed by atoms with Crippen LogP contribution in [0.4, 0.5) is 0 Å².